The van der Waals surface area contributed by atoms with Crippen molar-refractivity contribution in [3.8, 4) is 0 Å². The maximum atomic E-state index is 5.63. The Labute approximate surface area is 111 Å². The number of hydrogen-bond acceptors (Lipinski definition) is 6. The normalized spacial score (nSPS) is 12.4. The second-order valence-corrected chi connectivity index (χ2v) is 5.09. The van der Waals surface area contributed by atoms with Crippen LogP contribution < -0.4 is 11.1 Å². The molecule has 2 heterocycles. The summed E-state index contributed by atoms with van der Waals surface area (Å²) in [5.41, 5.74) is 6.92. The van der Waals surface area contributed by atoms with Crippen molar-refractivity contribution in [3.63, 3.8) is 0 Å². The van der Waals surface area contributed by atoms with Gasteiger partial charge in [-0.1, -0.05) is 6.92 Å². The largest absolute Gasteiger partial charge is 0.368 e. The molecule has 0 spiro atoms. The lowest BCUT2D eigenvalue weighted by atomic mass is 10.1. The minimum Gasteiger partial charge on any atom is -0.368 e. The van der Waals surface area contributed by atoms with E-state index in [2.05, 4.69) is 45.6 Å². The molecular formula is C12H17N5S. The Morgan fingerprint density at radius 3 is 2.67 bits per heavy atom. The van der Waals surface area contributed by atoms with Crippen molar-refractivity contribution in [1.82, 2.24) is 15.0 Å². The van der Waals surface area contributed by atoms with E-state index >= 15 is 0 Å². The average Bonchev–Trinajstić information content (AvgIpc) is 2.71. The molecule has 0 saturated carbocycles. The number of nitrogens with zero attached hydrogens (tertiary/aromatic N) is 3. The molecule has 0 saturated heterocycles. The molecular weight excluding hydrogens is 246 g/mol. The number of aryl methyl sites for hydroxylation is 2. The highest BCUT2D eigenvalue weighted by Gasteiger charge is 2.14. The minimum absolute atomic E-state index is 0.214. The van der Waals surface area contributed by atoms with Crippen LogP contribution in [0, 0.1) is 13.8 Å². The highest BCUT2D eigenvalue weighted by Crippen LogP contribution is 2.28. The summed E-state index contributed by atoms with van der Waals surface area (Å²) in [6.45, 7) is 6.05. The predicted octanol–water partition coefficient (Wildman–Crippen LogP) is 2.70. The van der Waals surface area contributed by atoms with Crippen molar-refractivity contribution >= 4 is 23.2 Å². The summed E-state index contributed by atoms with van der Waals surface area (Å²) in [5.74, 6) is 1.42. The van der Waals surface area contributed by atoms with Crippen LogP contribution in [0.1, 0.15) is 35.7 Å². The third-order valence-electron chi connectivity index (χ3n) is 2.69. The summed E-state index contributed by atoms with van der Waals surface area (Å²) in [6.07, 6.45) is 0.964. The summed E-state index contributed by atoms with van der Waals surface area (Å²) < 4.78 is 0. The van der Waals surface area contributed by atoms with Crippen molar-refractivity contribution < 1.29 is 0 Å². The number of aromatic nitrogens is 3. The van der Waals surface area contributed by atoms with Gasteiger partial charge in [-0.2, -0.15) is 15.0 Å². The molecule has 3 N–H and O–H groups in total. The standard InChI is InChI=1S/C12H17N5S/c1-4-9(10-7(2)5-6-18-10)16-12-15-8(3)14-11(13)17-12/h5-6,9H,4H2,1-3H3,(H3,13,14,15,16,17). The van der Waals surface area contributed by atoms with E-state index in [1.807, 2.05) is 0 Å². The van der Waals surface area contributed by atoms with Crippen LogP contribution in [0.3, 0.4) is 0 Å². The van der Waals surface area contributed by atoms with Gasteiger partial charge in [-0.3, -0.25) is 0 Å². The smallest absolute Gasteiger partial charge is 0.228 e. The van der Waals surface area contributed by atoms with Gasteiger partial charge in [0.2, 0.25) is 11.9 Å². The molecule has 0 aromatic carbocycles. The molecule has 6 heteroatoms. The quantitative estimate of drug-likeness (QED) is 0.887. The average molecular weight is 263 g/mol. The van der Waals surface area contributed by atoms with Crippen molar-refractivity contribution in [3.05, 3.63) is 27.7 Å². The zero-order valence-corrected chi connectivity index (χ0v) is 11.6. The number of rotatable bonds is 4. The molecule has 2 aromatic rings. The number of hydrogen-bond donors (Lipinski definition) is 2. The fourth-order valence-electron chi connectivity index (χ4n) is 1.82. The summed E-state index contributed by atoms with van der Waals surface area (Å²) in [7, 11) is 0. The lowest BCUT2D eigenvalue weighted by Crippen LogP contribution is -2.13. The van der Waals surface area contributed by atoms with Crippen LogP contribution in [-0.4, -0.2) is 15.0 Å². The molecule has 2 rings (SSSR count). The van der Waals surface area contributed by atoms with E-state index in [1.54, 1.807) is 18.3 Å². The van der Waals surface area contributed by atoms with E-state index in [9.17, 15) is 0 Å². The van der Waals surface area contributed by atoms with Gasteiger partial charge in [0.15, 0.2) is 0 Å². The van der Waals surface area contributed by atoms with E-state index in [4.69, 9.17) is 5.73 Å². The first-order valence-corrected chi connectivity index (χ1v) is 6.76. The van der Waals surface area contributed by atoms with E-state index in [0.29, 0.717) is 11.8 Å². The zero-order chi connectivity index (χ0) is 13.1. The Balaban J connectivity index is 2.23. The van der Waals surface area contributed by atoms with E-state index in [1.165, 1.54) is 10.4 Å². The Kier molecular flexibility index (Phi) is 3.76. The van der Waals surface area contributed by atoms with Crippen molar-refractivity contribution in [2.45, 2.75) is 33.2 Å². The van der Waals surface area contributed by atoms with E-state index in [-0.39, 0.29) is 12.0 Å². The van der Waals surface area contributed by atoms with E-state index in [0.717, 1.165) is 6.42 Å². The Bertz CT molecular complexity index is 517. The molecule has 0 aliphatic heterocycles. The van der Waals surface area contributed by atoms with Gasteiger partial charge in [0.05, 0.1) is 6.04 Å². The van der Waals surface area contributed by atoms with Crippen LogP contribution >= 0.6 is 11.3 Å². The molecule has 0 amide bonds. The Hall–Kier alpha value is -1.69. The molecule has 0 radical (unpaired) electrons. The number of nitrogens with one attached hydrogen (secondary N) is 1. The van der Waals surface area contributed by atoms with Gasteiger partial charge in [0.1, 0.15) is 5.82 Å². The first-order valence-electron chi connectivity index (χ1n) is 5.88. The first kappa shape index (κ1) is 12.8. The minimum atomic E-state index is 0.214. The lowest BCUT2D eigenvalue weighted by Gasteiger charge is -2.16. The fourth-order valence-corrected chi connectivity index (χ4v) is 2.88. The number of nitrogens with two attached hydrogens (primary N) is 1. The Morgan fingerprint density at radius 1 is 1.33 bits per heavy atom. The van der Waals surface area contributed by atoms with Gasteiger partial charge in [-0.25, -0.2) is 0 Å². The molecule has 0 aliphatic carbocycles. The molecule has 1 atom stereocenters. The summed E-state index contributed by atoms with van der Waals surface area (Å²) in [4.78, 5) is 13.6. The molecule has 0 bridgehead atoms. The van der Waals surface area contributed by atoms with Crippen molar-refractivity contribution in [2.75, 3.05) is 11.1 Å². The topological polar surface area (TPSA) is 76.7 Å². The number of anilines is 2. The van der Waals surface area contributed by atoms with Crippen molar-refractivity contribution in [2.24, 2.45) is 0 Å². The van der Waals surface area contributed by atoms with Crippen LogP contribution in [-0.2, 0) is 0 Å². The predicted molar refractivity (Wildman–Crippen MR) is 74.7 cm³/mol. The summed E-state index contributed by atoms with van der Waals surface area (Å²) >= 11 is 1.74. The monoisotopic (exact) mass is 263 g/mol. The van der Waals surface area contributed by atoms with Gasteiger partial charge in [-0.05, 0) is 37.3 Å². The van der Waals surface area contributed by atoms with Gasteiger partial charge >= 0.3 is 0 Å². The molecule has 0 fully saturated rings. The van der Waals surface area contributed by atoms with Crippen molar-refractivity contribution in [1.29, 1.82) is 0 Å². The summed E-state index contributed by atoms with van der Waals surface area (Å²) in [6, 6.07) is 2.34. The van der Waals surface area contributed by atoms with Crippen LogP contribution in [0.25, 0.3) is 0 Å². The third kappa shape index (κ3) is 2.76. The second-order valence-electron chi connectivity index (χ2n) is 4.14. The third-order valence-corrected chi connectivity index (χ3v) is 3.83. The summed E-state index contributed by atoms with van der Waals surface area (Å²) in [5, 5.41) is 5.42. The molecule has 5 nitrogen and oxygen atoms in total. The molecule has 0 aliphatic rings. The van der Waals surface area contributed by atoms with Gasteiger partial charge < -0.3 is 11.1 Å². The van der Waals surface area contributed by atoms with E-state index < -0.39 is 0 Å². The van der Waals surface area contributed by atoms with Gasteiger partial charge in [-0.15, -0.1) is 11.3 Å². The second kappa shape index (κ2) is 5.30. The Morgan fingerprint density at radius 2 is 2.11 bits per heavy atom. The van der Waals surface area contributed by atoms with Crippen LogP contribution in [0.4, 0.5) is 11.9 Å². The highest BCUT2D eigenvalue weighted by atomic mass is 32.1. The van der Waals surface area contributed by atoms with Gasteiger partial charge in [0, 0.05) is 4.88 Å². The van der Waals surface area contributed by atoms with Crippen LogP contribution in [0.2, 0.25) is 0 Å². The lowest BCUT2D eigenvalue weighted by molar-refractivity contribution is 0.744. The molecule has 1 unspecified atom stereocenters. The highest BCUT2D eigenvalue weighted by molar-refractivity contribution is 7.10. The SMILES string of the molecule is CCC(Nc1nc(C)nc(N)n1)c1sccc1C. The fraction of sp³-hybridized carbons (Fsp3) is 0.417. The number of nitrogen functional groups attached to an aromatic ring is 1. The zero-order valence-electron chi connectivity index (χ0n) is 10.8. The first-order chi connectivity index (χ1) is 8.60. The van der Waals surface area contributed by atoms with Crippen LogP contribution in [0.5, 0.6) is 0 Å². The number of thiophene rings is 1. The molecule has 96 valence electrons. The van der Waals surface area contributed by atoms with Gasteiger partial charge in [0.25, 0.3) is 0 Å². The maximum absolute atomic E-state index is 5.63. The molecule has 2 aromatic heterocycles. The molecule has 18 heavy (non-hydrogen) atoms. The maximum Gasteiger partial charge on any atom is 0.228 e. The van der Waals surface area contributed by atoms with Crippen LogP contribution in [0.15, 0.2) is 11.4 Å².